The van der Waals surface area contributed by atoms with Crippen LogP contribution in [-0.4, -0.2) is 52.8 Å². The maximum atomic E-state index is 13.0. The zero-order valence-corrected chi connectivity index (χ0v) is 14.7. The number of amides is 4. The third-order valence-electron chi connectivity index (χ3n) is 5.00. The molecular formula is C19H22N2O5. The maximum Gasteiger partial charge on any atom is 0.334 e. The van der Waals surface area contributed by atoms with Crippen molar-refractivity contribution in [2.75, 3.05) is 7.11 Å². The van der Waals surface area contributed by atoms with Gasteiger partial charge < -0.3 is 4.74 Å². The zero-order chi connectivity index (χ0) is 18.7. The summed E-state index contributed by atoms with van der Waals surface area (Å²) in [6.45, 7) is 0. The molecule has 1 saturated heterocycles. The minimum Gasteiger partial charge on any atom is -0.467 e. The molecule has 1 aromatic rings. The van der Waals surface area contributed by atoms with Crippen molar-refractivity contribution in [3.05, 3.63) is 35.9 Å². The molecule has 1 heterocycles. The van der Waals surface area contributed by atoms with Gasteiger partial charge in [-0.25, -0.2) is 14.5 Å². The van der Waals surface area contributed by atoms with Crippen molar-refractivity contribution >= 4 is 23.8 Å². The molecule has 0 N–H and O–H groups in total. The van der Waals surface area contributed by atoms with E-state index in [1.54, 1.807) is 0 Å². The molecule has 4 amide bonds. The van der Waals surface area contributed by atoms with Crippen LogP contribution in [0.4, 0.5) is 4.79 Å². The number of urea groups is 1. The Kier molecular flexibility index (Phi) is 5.35. The number of barbiturate groups is 1. The SMILES string of the molecule is COC(=O)[C@H](Cc1ccccc1)N1C(=O)CC(=O)N(C2CCCC2)C1=O. The lowest BCUT2D eigenvalue weighted by Crippen LogP contribution is -2.62. The van der Waals surface area contributed by atoms with Gasteiger partial charge in [-0.2, -0.15) is 0 Å². The van der Waals surface area contributed by atoms with Crippen LogP contribution in [0.3, 0.4) is 0 Å². The molecule has 2 aliphatic rings. The lowest BCUT2D eigenvalue weighted by molar-refractivity contribution is -0.155. The van der Waals surface area contributed by atoms with Crippen molar-refractivity contribution in [1.82, 2.24) is 9.80 Å². The number of methoxy groups -OCH3 is 1. The van der Waals surface area contributed by atoms with E-state index in [1.165, 1.54) is 12.0 Å². The van der Waals surface area contributed by atoms with E-state index in [9.17, 15) is 19.2 Å². The molecule has 0 radical (unpaired) electrons. The first-order valence-electron chi connectivity index (χ1n) is 8.82. The van der Waals surface area contributed by atoms with Crippen molar-refractivity contribution < 1.29 is 23.9 Å². The summed E-state index contributed by atoms with van der Waals surface area (Å²) in [7, 11) is 1.22. The Bertz CT molecular complexity index is 712. The van der Waals surface area contributed by atoms with Gasteiger partial charge in [-0.3, -0.25) is 14.5 Å². The van der Waals surface area contributed by atoms with Gasteiger partial charge in [0.2, 0.25) is 11.8 Å². The molecule has 0 spiro atoms. The number of carbonyl (C=O) groups excluding carboxylic acids is 4. The number of nitrogens with zero attached hydrogens (tertiary/aromatic N) is 2. The van der Waals surface area contributed by atoms with Crippen LogP contribution in [-0.2, 0) is 25.5 Å². The lowest BCUT2D eigenvalue weighted by atomic mass is 10.0. The summed E-state index contributed by atoms with van der Waals surface area (Å²) < 4.78 is 4.83. The van der Waals surface area contributed by atoms with Gasteiger partial charge >= 0.3 is 12.0 Å². The summed E-state index contributed by atoms with van der Waals surface area (Å²) in [6, 6.07) is 7.12. The molecular weight excluding hydrogens is 336 g/mol. The van der Waals surface area contributed by atoms with Crippen LogP contribution in [0.5, 0.6) is 0 Å². The molecule has 3 rings (SSSR count). The smallest absolute Gasteiger partial charge is 0.334 e. The molecule has 1 aliphatic heterocycles. The minimum absolute atomic E-state index is 0.150. The van der Waals surface area contributed by atoms with Crippen molar-refractivity contribution in [3.63, 3.8) is 0 Å². The third-order valence-corrected chi connectivity index (χ3v) is 5.00. The van der Waals surface area contributed by atoms with E-state index in [2.05, 4.69) is 0 Å². The standard InChI is InChI=1S/C19H22N2O5/c1-26-18(24)15(11-13-7-3-2-4-8-13)21-17(23)12-16(22)20(19(21)25)14-9-5-6-10-14/h2-4,7-8,14-15H,5-6,9-12H2,1H3/t15-/m0/s1. The van der Waals surface area contributed by atoms with Gasteiger partial charge in [-0.1, -0.05) is 43.2 Å². The second kappa shape index (κ2) is 7.68. The summed E-state index contributed by atoms with van der Waals surface area (Å²) in [6.07, 6.45) is 3.12. The van der Waals surface area contributed by atoms with E-state index in [1.807, 2.05) is 30.3 Å². The van der Waals surface area contributed by atoms with Gasteiger partial charge in [0.25, 0.3) is 0 Å². The Morgan fingerprint density at radius 3 is 2.38 bits per heavy atom. The number of hydrogen-bond donors (Lipinski definition) is 0. The Morgan fingerprint density at radius 2 is 1.77 bits per heavy atom. The Morgan fingerprint density at radius 1 is 1.12 bits per heavy atom. The van der Waals surface area contributed by atoms with E-state index in [0.717, 1.165) is 36.1 Å². The Labute approximate surface area is 151 Å². The number of ether oxygens (including phenoxy) is 1. The molecule has 0 unspecified atom stereocenters. The molecule has 0 aromatic heterocycles. The summed E-state index contributed by atoms with van der Waals surface area (Å²) in [4.78, 5) is 52.2. The number of hydrogen-bond acceptors (Lipinski definition) is 5. The summed E-state index contributed by atoms with van der Waals surface area (Å²) in [5.74, 6) is -1.80. The maximum absolute atomic E-state index is 13.0. The molecule has 1 atom stereocenters. The number of esters is 1. The van der Waals surface area contributed by atoms with Crippen LogP contribution in [0.15, 0.2) is 30.3 Å². The van der Waals surface area contributed by atoms with E-state index in [0.29, 0.717) is 0 Å². The average molecular weight is 358 g/mol. The fourth-order valence-corrected chi connectivity index (χ4v) is 3.71. The lowest BCUT2D eigenvalue weighted by Gasteiger charge is -2.38. The molecule has 1 aliphatic carbocycles. The molecule has 138 valence electrons. The van der Waals surface area contributed by atoms with Gasteiger partial charge in [0.15, 0.2) is 0 Å². The van der Waals surface area contributed by atoms with Crippen molar-refractivity contribution in [2.45, 2.75) is 50.6 Å². The quantitative estimate of drug-likeness (QED) is 0.593. The third kappa shape index (κ3) is 3.47. The van der Waals surface area contributed by atoms with Gasteiger partial charge in [-0.15, -0.1) is 0 Å². The minimum atomic E-state index is -1.08. The van der Waals surface area contributed by atoms with Gasteiger partial charge in [0.1, 0.15) is 12.5 Å². The topological polar surface area (TPSA) is 84.0 Å². The highest BCUT2D eigenvalue weighted by atomic mass is 16.5. The first kappa shape index (κ1) is 18.1. The van der Waals surface area contributed by atoms with E-state index >= 15 is 0 Å². The van der Waals surface area contributed by atoms with Crippen molar-refractivity contribution in [2.24, 2.45) is 0 Å². The second-order valence-electron chi connectivity index (χ2n) is 6.65. The van der Waals surface area contributed by atoms with Gasteiger partial charge in [0.05, 0.1) is 7.11 Å². The van der Waals surface area contributed by atoms with Crippen molar-refractivity contribution in [1.29, 1.82) is 0 Å². The number of carbonyl (C=O) groups is 4. The summed E-state index contributed by atoms with van der Waals surface area (Å²) >= 11 is 0. The summed E-state index contributed by atoms with van der Waals surface area (Å²) in [5.41, 5.74) is 0.799. The van der Waals surface area contributed by atoms with E-state index in [4.69, 9.17) is 4.74 Å². The normalized spacial score (nSPS) is 19.8. The average Bonchev–Trinajstić information content (AvgIpc) is 3.15. The molecule has 26 heavy (non-hydrogen) atoms. The molecule has 1 saturated carbocycles. The van der Waals surface area contributed by atoms with Crippen LogP contribution in [0.1, 0.15) is 37.7 Å². The largest absolute Gasteiger partial charge is 0.467 e. The van der Waals surface area contributed by atoms with Crippen LogP contribution < -0.4 is 0 Å². The monoisotopic (exact) mass is 358 g/mol. The second-order valence-corrected chi connectivity index (χ2v) is 6.65. The predicted octanol–water partition coefficient (Wildman–Crippen LogP) is 1.89. The predicted molar refractivity (Wildman–Crippen MR) is 91.9 cm³/mol. The Balaban J connectivity index is 1.90. The fourth-order valence-electron chi connectivity index (χ4n) is 3.71. The number of imide groups is 2. The highest BCUT2D eigenvalue weighted by molar-refractivity contribution is 6.15. The fraction of sp³-hybridized carbons (Fsp3) is 0.474. The number of benzene rings is 1. The highest BCUT2D eigenvalue weighted by Crippen LogP contribution is 2.29. The molecule has 7 heteroatoms. The first-order chi connectivity index (χ1) is 12.5. The molecule has 2 fully saturated rings. The van der Waals surface area contributed by atoms with Gasteiger partial charge in [0, 0.05) is 12.5 Å². The van der Waals surface area contributed by atoms with Crippen LogP contribution in [0.25, 0.3) is 0 Å². The highest BCUT2D eigenvalue weighted by Gasteiger charge is 2.47. The molecule has 7 nitrogen and oxygen atoms in total. The van der Waals surface area contributed by atoms with Crippen LogP contribution >= 0.6 is 0 Å². The van der Waals surface area contributed by atoms with Crippen LogP contribution in [0.2, 0.25) is 0 Å². The number of rotatable bonds is 5. The summed E-state index contributed by atoms with van der Waals surface area (Å²) in [5, 5.41) is 0. The zero-order valence-electron chi connectivity index (χ0n) is 14.7. The van der Waals surface area contributed by atoms with E-state index in [-0.39, 0.29) is 12.5 Å². The molecule has 1 aromatic carbocycles. The van der Waals surface area contributed by atoms with Gasteiger partial charge in [-0.05, 0) is 18.4 Å². The van der Waals surface area contributed by atoms with E-state index < -0.39 is 36.3 Å². The van der Waals surface area contributed by atoms with Crippen LogP contribution in [0, 0.1) is 0 Å². The first-order valence-corrected chi connectivity index (χ1v) is 8.82. The Hall–Kier alpha value is -2.70. The van der Waals surface area contributed by atoms with Crippen molar-refractivity contribution in [3.8, 4) is 0 Å². The molecule has 0 bridgehead atoms.